The molecule has 0 aliphatic carbocycles. The number of hydrogen-bond acceptors (Lipinski definition) is 3. The summed E-state index contributed by atoms with van der Waals surface area (Å²) < 4.78 is 5.59. The Morgan fingerprint density at radius 2 is 2.11 bits per heavy atom. The predicted octanol–water partition coefficient (Wildman–Crippen LogP) is 1.87. The molecule has 0 radical (unpaired) electrons. The van der Waals surface area contributed by atoms with Crippen molar-refractivity contribution in [1.82, 2.24) is 10.6 Å². The number of nitrogens with one attached hydrogen (secondary N) is 2. The van der Waals surface area contributed by atoms with Crippen LogP contribution in [0, 0.1) is 0 Å². The van der Waals surface area contributed by atoms with E-state index in [2.05, 4.69) is 17.6 Å². The summed E-state index contributed by atoms with van der Waals surface area (Å²) in [5.74, 6) is 0.952. The standard InChI is InChI=1S/C14H22N2O2/c1-4-18-13-8-6-5-7-12(13)11(2)16-10-9-14(17)15-3/h5-8,11,16H,4,9-10H2,1-3H3,(H,15,17). The highest BCUT2D eigenvalue weighted by molar-refractivity contribution is 5.75. The van der Waals surface area contributed by atoms with E-state index >= 15 is 0 Å². The zero-order valence-electron chi connectivity index (χ0n) is 11.3. The van der Waals surface area contributed by atoms with Crippen LogP contribution >= 0.6 is 0 Å². The van der Waals surface area contributed by atoms with Crippen LogP contribution < -0.4 is 15.4 Å². The van der Waals surface area contributed by atoms with Gasteiger partial charge < -0.3 is 15.4 Å². The molecule has 0 bridgehead atoms. The number of amides is 1. The fourth-order valence-corrected chi connectivity index (χ4v) is 1.76. The minimum atomic E-state index is 0.0489. The van der Waals surface area contributed by atoms with Crippen molar-refractivity contribution in [2.75, 3.05) is 20.2 Å². The molecule has 1 aromatic rings. The fraction of sp³-hybridized carbons (Fsp3) is 0.500. The Hall–Kier alpha value is -1.55. The highest BCUT2D eigenvalue weighted by atomic mass is 16.5. The average molecular weight is 250 g/mol. The summed E-state index contributed by atoms with van der Waals surface area (Å²) >= 11 is 0. The predicted molar refractivity (Wildman–Crippen MR) is 72.7 cm³/mol. The molecule has 100 valence electrons. The van der Waals surface area contributed by atoms with Crippen LogP contribution in [0.15, 0.2) is 24.3 Å². The van der Waals surface area contributed by atoms with Crippen LogP contribution in [0.1, 0.15) is 31.9 Å². The van der Waals surface area contributed by atoms with E-state index in [0.717, 1.165) is 11.3 Å². The molecule has 0 saturated carbocycles. The molecule has 1 rings (SSSR count). The lowest BCUT2D eigenvalue weighted by Crippen LogP contribution is -2.26. The molecule has 1 atom stereocenters. The summed E-state index contributed by atoms with van der Waals surface area (Å²) in [6.07, 6.45) is 0.484. The maximum Gasteiger partial charge on any atom is 0.221 e. The number of carbonyl (C=O) groups excluding carboxylic acids is 1. The lowest BCUT2D eigenvalue weighted by Gasteiger charge is -2.17. The van der Waals surface area contributed by atoms with Crippen molar-refractivity contribution < 1.29 is 9.53 Å². The molecule has 1 unspecified atom stereocenters. The van der Waals surface area contributed by atoms with E-state index in [-0.39, 0.29) is 11.9 Å². The van der Waals surface area contributed by atoms with Crippen molar-refractivity contribution in [3.63, 3.8) is 0 Å². The number of hydrogen-bond donors (Lipinski definition) is 2. The molecule has 1 amide bonds. The van der Waals surface area contributed by atoms with Crippen LogP contribution in [-0.4, -0.2) is 26.1 Å². The smallest absolute Gasteiger partial charge is 0.221 e. The highest BCUT2D eigenvalue weighted by Crippen LogP contribution is 2.24. The first-order valence-corrected chi connectivity index (χ1v) is 6.34. The molecule has 0 aliphatic heterocycles. The molecule has 0 saturated heterocycles. The molecular weight excluding hydrogens is 228 g/mol. The van der Waals surface area contributed by atoms with Gasteiger partial charge in [0.15, 0.2) is 0 Å². The van der Waals surface area contributed by atoms with Gasteiger partial charge in [0, 0.05) is 31.6 Å². The SMILES string of the molecule is CCOc1ccccc1C(C)NCCC(=O)NC. The van der Waals surface area contributed by atoms with Gasteiger partial charge in [0.05, 0.1) is 6.61 Å². The van der Waals surface area contributed by atoms with E-state index in [1.165, 1.54) is 0 Å². The normalized spacial score (nSPS) is 11.9. The lowest BCUT2D eigenvalue weighted by molar-refractivity contribution is -0.120. The monoisotopic (exact) mass is 250 g/mol. The van der Waals surface area contributed by atoms with Gasteiger partial charge in [0.2, 0.25) is 5.91 Å². The third-order valence-corrected chi connectivity index (χ3v) is 2.77. The lowest BCUT2D eigenvalue weighted by atomic mass is 10.1. The van der Waals surface area contributed by atoms with E-state index in [1.807, 2.05) is 31.2 Å². The Kier molecular flexibility index (Phi) is 6.22. The largest absolute Gasteiger partial charge is 0.494 e. The molecule has 2 N–H and O–H groups in total. The molecule has 1 aromatic carbocycles. The van der Waals surface area contributed by atoms with Crippen LogP contribution in [-0.2, 0) is 4.79 Å². The Balaban J connectivity index is 2.55. The summed E-state index contributed by atoms with van der Waals surface area (Å²) in [5, 5.41) is 5.93. The van der Waals surface area contributed by atoms with E-state index < -0.39 is 0 Å². The summed E-state index contributed by atoms with van der Waals surface area (Å²) in [6, 6.07) is 8.14. The summed E-state index contributed by atoms with van der Waals surface area (Å²) in [6.45, 7) is 5.35. The molecular formula is C14H22N2O2. The van der Waals surface area contributed by atoms with Crippen molar-refractivity contribution >= 4 is 5.91 Å². The van der Waals surface area contributed by atoms with Gasteiger partial charge >= 0.3 is 0 Å². The van der Waals surface area contributed by atoms with Crippen molar-refractivity contribution in [3.8, 4) is 5.75 Å². The molecule has 0 fully saturated rings. The second-order valence-corrected chi connectivity index (χ2v) is 4.07. The zero-order valence-corrected chi connectivity index (χ0v) is 11.3. The first-order chi connectivity index (χ1) is 8.69. The Morgan fingerprint density at radius 1 is 1.39 bits per heavy atom. The van der Waals surface area contributed by atoms with Crippen molar-refractivity contribution in [2.45, 2.75) is 26.3 Å². The quantitative estimate of drug-likeness (QED) is 0.776. The Morgan fingerprint density at radius 3 is 2.78 bits per heavy atom. The number of para-hydroxylation sites is 1. The average Bonchev–Trinajstić information content (AvgIpc) is 2.39. The molecule has 0 heterocycles. The molecule has 18 heavy (non-hydrogen) atoms. The fourth-order valence-electron chi connectivity index (χ4n) is 1.76. The number of ether oxygens (including phenoxy) is 1. The Bertz CT molecular complexity index is 380. The zero-order chi connectivity index (χ0) is 13.4. The summed E-state index contributed by atoms with van der Waals surface area (Å²) in [5.41, 5.74) is 1.12. The maximum atomic E-state index is 11.1. The minimum absolute atomic E-state index is 0.0489. The van der Waals surface area contributed by atoms with Crippen LogP contribution in [0.2, 0.25) is 0 Å². The number of rotatable bonds is 7. The summed E-state index contributed by atoms with van der Waals surface area (Å²) in [4.78, 5) is 11.1. The van der Waals surface area contributed by atoms with Gasteiger partial charge in [-0.3, -0.25) is 4.79 Å². The molecule has 4 heteroatoms. The van der Waals surface area contributed by atoms with Gasteiger partial charge in [0.1, 0.15) is 5.75 Å². The number of carbonyl (C=O) groups is 1. The second kappa shape index (κ2) is 7.71. The number of benzene rings is 1. The summed E-state index contributed by atoms with van der Waals surface area (Å²) in [7, 11) is 1.65. The Labute approximate surface area is 109 Å². The van der Waals surface area contributed by atoms with Gasteiger partial charge in [-0.15, -0.1) is 0 Å². The van der Waals surface area contributed by atoms with E-state index in [4.69, 9.17) is 4.74 Å². The van der Waals surface area contributed by atoms with Gasteiger partial charge in [-0.25, -0.2) is 0 Å². The van der Waals surface area contributed by atoms with Gasteiger partial charge in [0.25, 0.3) is 0 Å². The third kappa shape index (κ3) is 4.37. The van der Waals surface area contributed by atoms with Crippen LogP contribution in [0.5, 0.6) is 5.75 Å². The van der Waals surface area contributed by atoms with E-state index in [9.17, 15) is 4.79 Å². The molecule has 0 spiro atoms. The highest BCUT2D eigenvalue weighted by Gasteiger charge is 2.10. The molecule has 4 nitrogen and oxygen atoms in total. The third-order valence-electron chi connectivity index (χ3n) is 2.77. The maximum absolute atomic E-state index is 11.1. The first kappa shape index (κ1) is 14.5. The second-order valence-electron chi connectivity index (χ2n) is 4.07. The van der Waals surface area contributed by atoms with Gasteiger partial charge in [-0.05, 0) is 19.9 Å². The van der Waals surface area contributed by atoms with E-state index in [0.29, 0.717) is 19.6 Å². The van der Waals surface area contributed by atoms with Gasteiger partial charge in [-0.2, -0.15) is 0 Å². The van der Waals surface area contributed by atoms with Crippen LogP contribution in [0.25, 0.3) is 0 Å². The minimum Gasteiger partial charge on any atom is -0.494 e. The van der Waals surface area contributed by atoms with Gasteiger partial charge in [-0.1, -0.05) is 18.2 Å². The van der Waals surface area contributed by atoms with Crippen molar-refractivity contribution in [1.29, 1.82) is 0 Å². The van der Waals surface area contributed by atoms with Crippen LogP contribution in [0.4, 0.5) is 0 Å². The van der Waals surface area contributed by atoms with Crippen molar-refractivity contribution in [2.24, 2.45) is 0 Å². The molecule has 0 aromatic heterocycles. The molecule has 0 aliphatic rings. The van der Waals surface area contributed by atoms with Crippen molar-refractivity contribution in [3.05, 3.63) is 29.8 Å². The van der Waals surface area contributed by atoms with E-state index in [1.54, 1.807) is 7.05 Å². The van der Waals surface area contributed by atoms with Crippen LogP contribution in [0.3, 0.4) is 0 Å². The first-order valence-electron chi connectivity index (χ1n) is 6.34. The topological polar surface area (TPSA) is 50.4 Å².